The Morgan fingerprint density at radius 3 is 2.79 bits per heavy atom. The zero-order valence-electron chi connectivity index (χ0n) is 13.3. The number of carboxylic acid groups (broad SMARTS) is 1. The van der Waals surface area contributed by atoms with Crippen LogP contribution < -0.4 is 20.4 Å². The molecule has 1 aromatic heterocycles. The van der Waals surface area contributed by atoms with E-state index in [2.05, 4.69) is 5.32 Å². The number of hydrogen-bond acceptors (Lipinski definition) is 6. The summed E-state index contributed by atoms with van der Waals surface area (Å²) < 4.78 is 16.7. The van der Waals surface area contributed by atoms with Crippen LogP contribution >= 0.6 is 0 Å². The van der Waals surface area contributed by atoms with Crippen molar-refractivity contribution in [1.29, 1.82) is 0 Å². The molecule has 1 fully saturated rings. The van der Waals surface area contributed by atoms with Crippen LogP contribution in [-0.2, 0) is 4.79 Å². The van der Waals surface area contributed by atoms with Crippen LogP contribution in [0.25, 0.3) is 11.0 Å². The number of carboxylic acids is 1. The zero-order valence-corrected chi connectivity index (χ0v) is 13.3. The third kappa shape index (κ3) is 3.29. The standard InChI is InChI=1S/C17H19NO6/c1-22-13-7-6-11-12(18-9-14(19)20)8-15(21)24-16(11)17(13)23-10-4-2-3-5-10/h6-8,10,18H,2-5,9H2,1H3,(H,19,20). The fraction of sp³-hybridized carbons (Fsp3) is 0.412. The fourth-order valence-electron chi connectivity index (χ4n) is 2.95. The summed E-state index contributed by atoms with van der Waals surface area (Å²) in [6, 6.07) is 4.67. The number of anilines is 1. The molecule has 24 heavy (non-hydrogen) atoms. The highest BCUT2D eigenvalue weighted by molar-refractivity contribution is 5.95. The van der Waals surface area contributed by atoms with Gasteiger partial charge >= 0.3 is 11.6 Å². The van der Waals surface area contributed by atoms with E-state index in [1.165, 1.54) is 13.2 Å². The molecule has 1 saturated carbocycles. The molecule has 7 nitrogen and oxygen atoms in total. The second-order valence-electron chi connectivity index (χ2n) is 5.72. The molecule has 128 valence electrons. The molecule has 0 saturated heterocycles. The summed E-state index contributed by atoms with van der Waals surface area (Å²) >= 11 is 0. The van der Waals surface area contributed by atoms with Gasteiger partial charge in [0, 0.05) is 11.5 Å². The predicted octanol–water partition coefficient (Wildman–Crippen LogP) is 2.62. The summed E-state index contributed by atoms with van der Waals surface area (Å²) in [5.74, 6) is -0.154. The van der Waals surface area contributed by atoms with E-state index in [-0.39, 0.29) is 18.2 Å². The lowest BCUT2D eigenvalue weighted by Gasteiger charge is -2.17. The topological polar surface area (TPSA) is 98.0 Å². The fourth-order valence-corrected chi connectivity index (χ4v) is 2.95. The molecule has 1 aromatic carbocycles. The van der Waals surface area contributed by atoms with E-state index >= 15 is 0 Å². The van der Waals surface area contributed by atoms with Gasteiger partial charge in [-0.15, -0.1) is 0 Å². The maximum atomic E-state index is 11.9. The first kappa shape index (κ1) is 16.2. The molecule has 0 unspecified atom stereocenters. The Hall–Kier alpha value is -2.70. The van der Waals surface area contributed by atoms with Gasteiger partial charge in [0.15, 0.2) is 11.3 Å². The Bertz CT molecular complexity index is 807. The SMILES string of the molecule is COc1ccc2c(NCC(=O)O)cc(=O)oc2c1OC1CCCC1. The summed E-state index contributed by atoms with van der Waals surface area (Å²) in [4.78, 5) is 22.7. The van der Waals surface area contributed by atoms with Crippen LogP contribution in [0.15, 0.2) is 27.4 Å². The minimum absolute atomic E-state index is 0.0606. The summed E-state index contributed by atoms with van der Waals surface area (Å²) in [7, 11) is 1.52. The van der Waals surface area contributed by atoms with Crippen LogP contribution in [0.5, 0.6) is 11.5 Å². The highest BCUT2D eigenvalue weighted by atomic mass is 16.5. The van der Waals surface area contributed by atoms with Gasteiger partial charge in [-0.25, -0.2) is 4.79 Å². The molecule has 3 rings (SSSR count). The van der Waals surface area contributed by atoms with Crippen LogP contribution in [0.1, 0.15) is 25.7 Å². The van der Waals surface area contributed by atoms with E-state index in [0.29, 0.717) is 22.6 Å². The van der Waals surface area contributed by atoms with E-state index < -0.39 is 11.6 Å². The average Bonchev–Trinajstić information content (AvgIpc) is 3.06. The molecular formula is C17H19NO6. The summed E-state index contributed by atoms with van der Waals surface area (Å²) in [6.45, 7) is -0.302. The van der Waals surface area contributed by atoms with Crippen molar-refractivity contribution in [2.24, 2.45) is 0 Å². The number of methoxy groups -OCH3 is 1. The summed E-state index contributed by atoms with van der Waals surface area (Å²) in [6.07, 6.45) is 4.16. The largest absolute Gasteiger partial charge is 0.493 e. The van der Waals surface area contributed by atoms with Gasteiger partial charge in [0.1, 0.15) is 6.54 Å². The lowest BCUT2D eigenvalue weighted by Crippen LogP contribution is -2.15. The number of rotatable bonds is 6. The quantitative estimate of drug-likeness (QED) is 0.784. The first-order valence-electron chi connectivity index (χ1n) is 7.85. The van der Waals surface area contributed by atoms with Crippen LogP contribution in [-0.4, -0.2) is 30.8 Å². The van der Waals surface area contributed by atoms with E-state index in [1.807, 2.05) is 0 Å². The van der Waals surface area contributed by atoms with Gasteiger partial charge in [-0.3, -0.25) is 4.79 Å². The molecular weight excluding hydrogens is 314 g/mol. The Kier molecular flexibility index (Phi) is 4.59. The number of nitrogens with one attached hydrogen (secondary N) is 1. The third-order valence-corrected chi connectivity index (χ3v) is 4.07. The number of carbonyl (C=O) groups is 1. The van der Waals surface area contributed by atoms with E-state index in [9.17, 15) is 9.59 Å². The Labute approximate surface area is 138 Å². The van der Waals surface area contributed by atoms with E-state index in [4.69, 9.17) is 19.0 Å². The molecule has 0 radical (unpaired) electrons. The smallest absolute Gasteiger partial charge is 0.338 e. The number of fused-ring (bicyclic) bond motifs is 1. The van der Waals surface area contributed by atoms with Crippen molar-refractivity contribution in [3.63, 3.8) is 0 Å². The van der Waals surface area contributed by atoms with Gasteiger partial charge in [0.2, 0.25) is 5.75 Å². The maximum Gasteiger partial charge on any atom is 0.338 e. The van der Waals surface area contributed by atoms with Crippen LogP contribution in [0.4, 0.5) is 5.69 Å². The summed E-state index contributed by atoms with van der Waals surface area (Å²) in [5.41, 5.74) is 0.0733. The van der Waals surface area contributed by atoms with E-state index in [0.717, 1.165) is 25.7 Å². The second-order valence-corrected chi connectivity index (χ2v) is 5.72. The number of hydrogen-bond donors (Lipinski definition) is 2. The number of ether oxygens (including phenoxy) is 2. The minimum atomic E-state index is -1.02. The van der Waals surface area contributed by atoms with Gasteiger partial charge in [-0.2, -0.15) is 0 Å². The van der Waals surface area contributed by atoms with Crippen molar-refractivity contribution in [2.45, 2.75) is 31.8 Å². The Morgan fingerprint density at radius 1 is 1.38 bits per heavy atom. The molecule has 0 amide bonds. The van der Waals surface area contributed by atoms with Crippen molar-refractivity contribution < 1.29 is 23.8 Å². The predicted molar refractivity (Wildman–Crippen MR) is 88.0 cm³/mol. The highest BCUT2D eigenvalue weighted by Gasteiger charge is 2.22. The average molecular weight is 333 g/mol. The molecule has 2 aromatic rings. The van der Waals surface area contributed by atoms with Crippen LogP contribution in [0, 0.1) is 0 Å². The number of benzene rings is 1. The lowest BCUT2D eigenvalue weighted by molar-refractivity contribution is -0.134. The monoisotopic (exact) mass is 333 g/mol. The summed E-state index contributed by atoms with van der Waals surface area (Å²) in [5, 5.41) is 12.1. The molecule has 7 heteroatoms. The van der Waals surface area contributed by atoms with Gasteiger partial charge in [0.05, 0.1) is 18.9 Å². The minimum Gasteiger partial charge on any atom is -0.493 e. The molecule has 2 N–H and O–H groups in total. The highest BCUT2D eigenvalue weighted by Crippen LogP contribution is 2.39. The molecule has 0 aliphatic heterocycles. The van der Waals surface area contributed by atoms with Crippen molar-refractivity contribution in [3.8, 4) is 11.5 Å². The van der Waals surface area contributed by atoms with Gasteiger partial charge in [-0.1, -0.05) is 0 Å². The normalized spacial score (nSPS) is 14.7. The molecule has 1 aliphatic carbocycles. The third-order valence-electron chi connectivity index (χ3n) is 4.07. The number of aliphatic carboxylic acids is 1. The second kappa shape index (κ2) is 6.82. The van der Waals surface area contributed by atoms with Crippen molar-refractivity contribution >= 4 is 22.6 Å². The first-order chi connectivity index (χ1) is 11.6. The maximum absolute atomic E-state index is 11.9. The van der Waals surface area contributed by atoms with Gasteiger partial charge in [0.25, 0.3) is 0 Å². The zero-order chi connectivity index (χ0) is 17.1. The molecule has 0 bridgehead atoms. The van der Waals surface area contributed by atoms with Gasteiger partial charge < -0.3 is 24.3 Å². The molecule has 0 atom stereocenters. The molecule has 1 heterocycles. The van der Waals surface area contributed by atoms with Crippen LogP contribution in [0.3, 0.4) is 0 Å². The van der Waals surface area contributed by atoms with Crippen molar-refractivity contribution in [2.75, 3.05) is 19.0 Å². The first-order valence-corrected chi connectivity index (χ1v) is 7.85. The lowest BCUT2D eigenvalue weighted by atomic mass is 10.1. The molecule has 0 spiro atoms. The van der Waals surface area contributed by atoms with Crippen LogP contribution in [0.2, 0.25) is 0 Å². The molecule has 1 aliphatic rings. The Balaban J connectivity index is 2.09. The van der Waals surface area contributed by atoms with E-state index in [1.54, 1.807) is 12.1 Å². The van der Waals surface area contributed by atoms with Crippen molar-refractivity contribution in [1.82, 2.24) is 0 Å². The van der Waals surface area contributed by atoms with Gasteiger partial charge in [-0.05, 0) is 37.8 Å². The van der Waals surface area contributed by atoms with Crippen molar-refractivity contribution in [3.05, 3.63) is 28.6 Å². The Morgan fingerprint density at radius 2 is 2.12 bits per heavy atom.